The van der Waals surface area contributed by atoms with Crippen LogP contribution in [0, 0.1) is 10.1 Å². The highest BCUT2D eigenvalue weighted by molar-refractivity contribution is 5.97. The first-order valence-corrected chi connectivity index (χ1v) is 7.96. The molecule has 0 heterocycles. The van der Waals surface area contributed by atoms with Gasteiger partial charge in [-0.15, -0.1) is 0 Å². The lowest BCUT2D eigenvalue weighted by molar-refractivity contribution is -0.384. The van der Waals surface area contributed by atoms with Crippen molar-refractivity contribution in [2.45, 2.75) is 26.4 Å². The maximum atomic E-state index is 12.2. The average Bonchev–Trinajstić information content (AvgIpc) is 2.61. The Kier molecular flexibility index (Phi) is 5.90. The van der Waals surface area contributed by atoms with E-state index in [1.807, 2.05) is 6.92 Å². The number of non-ortho nitro benzene ring substituents is 1. The highest BCUT2D eigenvalue weighted by atomic mass is 16.6. The van der Waals surface area contributed by atoms with Crippen molar-refractivity contribution in [3.63, 3.8) is 0 Å². The molecule has 0 aliphatic rings. The Morgan fingerprint density at radius 1 is 1.23 bits per heavy atom. The third kappa shape index (κ3) is 4.56. The minimum Gasteiger partial charge on any atom is -0.449 e. The smallest absolute Gasteiger partial charge is 0.338 e. The van der Waals surface area contributed by atoms with Gasteiger partial charge >= 0.3 is 5.97 Å². The van der Waals surface area contributed by atoms with Gasteiger partial charge in [0.05, 0.1) is 10.5 Å². The zero-order chi connectivity index (χ0) is 19.3. The number of amides is 1. The molecule has 0 aliphatic carbocycles. The van der Waals surface area contributed by atoms with E-state index in [1.54, 1.807) is 12.1 Å². The SMILES string of the molecule is CCc1ccc(C(=O)O[C@@H](C)C(=O)Nc2ccc([N+](=O)[O-])cc2)cc1N. The minimum atomic E-state index is -1.05. The van der Waals surface area contributed by atoms with Gasteiger partial charge in [-0.2, -0.15) is 0 Å². The van der Waals surface area contributed by atoms with Crippen LogP contribution in [0.1, 0.15) is 29.8 Å². The van der Waals surface area contributed by atoms with Crippen LogP contribution < -0.4 is 11.1 Å². The molecule has 2 aromatic carbocycles. The van der Waals surface area contributed by atoms with E-state index in [1.165, 1.54) is 37.3 Å². The number of esters is 1. The van der Waals surface area contributed by atoms with Crippen LogP contribution in [0.25, 0.3) is 0 Å². The number of nitro groups is 1. The zero-order valence-electron chi connectivity index (χ0n) is 14.4. The van der Waals surface area contributed by atoms with Crippen LogP contribution in [0.4, 0.5) is 17.1 Å². The molecule has 26 heavy (non-hydrogen) atoms. The fourth-order valence-electron chi connectivity index (χ4n) is 2.24. The first-order chi connectivity index (χ1) is 12.3. The van der Waals surface area contributed by atoms with Crippen molar-refractivity contribution in [3.8, 4) is 0 Å². The van der Waals surface area contributed by atoms with Gasteiger partial charge in [0.15, 0.2) is 6.10 Å². The Morgan fingerprint density at radius 2 is 1.88 bits per heavy atom. The summed E-state index contributed by atoms with van der Waals surface area (Å²) in [5, 5.41) is 13.1. The molecule has 136 valence electrons. The number of anilines is 2. The summed E-state index contributed by atoms with van der Waals surface area (Å²) >= 11 is 0. The van der Waals surface area contributed by atoms with E-state index in [0.29, 0.717) is 11.4 Å². The maximum absolute atomic E-state index is 12.2. The van der Waals surface area contributed by atoms with Gasteiger partial charge in [-0.1, -0.05) is 13.0 Å². The number of nitrogens with two attached hydrogens (primary N) is 1. The second-order valence-electron chi connectivity index (χ2n) is 5.61. The van der Waals surface area contributed by atoms with Gasteiger partial charge in [-0.25, -0.2) is 4.79 Å². The zero-order valence-corrected chi connectivity index (χ0v) is 14.4. The molecular weight excluding hydrogens is 338 g/mol. The van der Waals surface area contributed by atoms with Crippen LogP contribution in [0.3, 0.4) is 0 Å². The lowest BCUT2D eigenvalue weighted by atomic mass is 10.1. The summed E-state index contributed by atoms with van der Waals surface area (Å²) < 4.78 is 5.15. The minimum absolute atomic E-state index is 0.0874. The predicted molar refractivity (Wildman–Crippen MR) is 96.8 cm³/mol. The van der Waals surface area contributed by atoms with Crippen molar-refractivity contribution < 1.29 is 19.2 Å². The summed E-state index contributed by atoms with van der Waals surface area (Å²) in [6.45, 7) is 3.39. The fraction of sp³-hybridized carbons (Fsp3) is 0.222. The van der Waals surface area contributed by atoms with Crippen molar-refractivity contribution in [1.82, 2.24) is 0 Å². The number of hydrogen-bond acceptors (Lipinski definition) is 6. The van der Waals surface area contributed by atoms with Gasteiger partial charge in [-0.3, -0.25) is 14.9 Å². The number of carbonyl (C=O) groups is 2. The molecule has 0 fully saturated rings. The van der Waals surface area contributed by atoms with E-state index >= 15 is 0 Å². The summed E-state index contributed by atoms with van der Waals surface area (Å²) in [5.41, 5.74) is 7.81. The quantitative estimate of drug-likeness (QED) is 0.354. The molecule has 0 aliphatic heterocycles. The van der Waals surface area contributed by atoms with Crippen LogP contribution in [0.5, 0.6) is 0 Å². The average molecular weight is 357 g/mol. The second kappa shape index (κ2) is 8.11. The number of carbonyl (C=O) groups excluding carboxylic acids is 2. The first-order valence-electron chi connectivity index (χ1n) is 7.96. The number of ether oxygens (including phenoxy) is 1. The Morgan fingerprint density at radius 3 is 2.42 bits per heavy atom. The van der Waals surface area contributed by atoms with Crippen molar-refractivity contribution in [2.24, 2.45) is 0 Å². The molecule has 2 aromatic rings. The molecule has 0 spiro atoms. The van der Waals surface area contributed by atoms with E-state index in [2.05, 4.69) is 5.32 Å². The summed E-state index contributed by atoms with van der Waals surface area (Å²) in [6.07, 6.45) is -0.306. The molecule has 8 nitrogen and oxygen atoms in total. The molecule has 0 bridgehead atoms. The predicted octanol–water partition coefficient (Wildman–Crippen LogP) is 2.92. The third-order valence-electron chi connectivity index (χ3n) is 3.76. The first kappa shape index (κ1) is 18.9. The van der Waals surface area contributed by atoms with E-state index in [4.69, 9.17) is 10.5 Å². The number of benzene rings is 2. The Hall–Kier alpha value is -3.42. The van der Waals surface area contributed by atoms with E-state index in [-0.39, 0.29) is 11.3 Å². The Balaban J connectivity index is 1.98. The molecule has 1 atom stereocenters. The van der Waals surface area contributed by atoms with Crippen LogP contribution in [0.2, 0.25) is 0 Å². The number of rotatable bonds is 6. The molecule has 1 amide bonds. The maximum Gasteiger partial charge on any atom is 0.338 e. The van der Waals surface area contributed by atoms with E-state index in [9.17, 15) is 19.7 Å². The summed E-state index contributed by atoms with van der Waals surface area (Å²) in [7, 11) is 0. The molecule has 0 saturated heterocycles. The second-order valence-corrected chi connectivity index (χ2v) is 5.61. The number of hydrogen-bond donors (Lipinski definition) is 2. The van der Waals surface area contributed by atoms with Crippen LogP contribution in [0.15, 0.2) is 42.5 Å². The molecule has 0 unspecified atom stereocenters. The van der Waals surface area contributed by atoms with Crippen LogP contribution >= 0.6 is 0 Å². The van der Waals surface area contributed by atoms with Crippen molar-refractivity contribution in [1.29, 1.82) is 0 Å². The molecular formula is C18H19N3O5. The van der Waals surface area contributed by atoms with Gasteiger partial charge in [0.25, 0.3) is 11.6 Å². The topological polar surface area (TPSA) is 125 Å². The standard InChI is InChI=1S/C18H19N3O5/c1-3-12-4-5-13(10-16(12)19)18(23)26-11(2)17(22)20-14-6-8-15(9-7-14)21(24)25/h4-11H,3,19H2,1-2H3,(H,20,22)/t11-/m0/s1. The summed E-state index contributed by atoms with van der Waals surface area (Å²) in [5.74, 6) is -1.21. The van der Waals surface area contributed by atoms with E-state index < -0.39 is 22.9 Å². The molecule has 0 saturated carbocycles. The highest BCUT2D eigenvalue weighted by Gasteiger charge is 2.20. The van der Waals surface area contributed by atoms with Crippen LogP contribution in [-0.4, -0.2) is 22.9 Å². The largest absolute Gasteiger partial charge is 0.449 e. The molecule has 0 radical (unpaired) electrons. The molecule has 0 aromatic heterocycles. The highest BCUT2D eigenvalue weighted by Crippen LogP contribution is 2.18. The van der Waals surface area contributed by atoms with Gasteiger partial charge in [0.2, 0.25) is 0 Å². The van der Waals surface area contributed by atoms with E-state index in [0.717, 1.165) is 12.0 Å². The van der Waals surface area contributed by atoms with Crippen molar-refractivity contribution in [2.75, 3.05) is 11.1 Å². The lowest BCUT2D eigenvalue weighted by Crippen LogP contribution is -2.30. The molecule has 3 N–H and O–H groups in total. The summed E-state index contributed by atoms with van der Waals surface area (Å²) in [6, 6.07) is 10.2. The van der Waals surface area contributed by atoms with Gasteiger partial charge < -0.3 is 15.8 Å². The Labute approximate surface area is 150 Å². The van der Waals surface area contributed by atoms with Crippen molar-refractivity contribution in [3.05, 3.63) is 63.7 Å². The number of nitrogen functional groups attached to an aromatic ring is 1. The molecule has 2 rings (SSSR count). The van der Waals surface area contributed by atoms with Gasteiger partial charge in [0.1, 0.15) is 0 Å². The summed E-state index contributed by atoms with van der Waals surface area (Å²) in [4.78, 5) is 34.3. The normalized spacial score (nSPS) is 11.5. The number of nitro benzene ring substituents is 1. The Bertz CT molecular complexity index is 833. The fourth-order valence-corrected chi connectivity index (χ4v) is 2.24. The molecule has 8 heteroatoms. The number of nitrogens with one attached hydrogen (secondary N) is 1. The number of aryl methyl sites for hydroxylation is 1. The van der Waals surface area contributed by atoms with Gasteiger partial charge in [0, 0.05) is 23.5 Å². The van der Waals surface area contributed by atoms with Crippen molar-refractivity contribution >= 4 is 28.9 Å². The van der Waals surface area contributed by atoms with Gasteiger partial charge in [-0.05, 0) is 43.2 Å². The number of nitrogens with zero attached hydrogens (tertiary/aromatic N) is 1. The van der Waals surface area contributed by atoms with Crippen LogP contribution in [-0.2, 0) is 16.0 Å². The third-order valence-corrected chi connectivity index (χ3v) is 3.76. The lowest BCUT2D eigenvalue weighted by Gasteiger charge is -2.14. The monoisotopic (exact) mass is 357 g/mol.